The number of hydrazone groups is 1. The monoisotopic (exact) mass is 366 g/mol. The molecule has 0 aromatic heterocycles. The summed E-state index contributed by atoms with van der Waals surface area (Å²) in [6.07, 6.45) is 6.19. The van der Waals surface area contributed by atoms with Crippen LogP contribution in [0.1, 0.15) is 31.2 Å². The van der Waals surface area contributed by atoms with Gasteiger partial charge >= 0.3 is 5.69 Å². The van der Waals surface area contributed by atoms with Crippen molar-refractivity contribution in [1.82, 2.24) is 0 Å². The van der Waals surface area contributed by atoms with Gasteiger partial charge in [-0.15, -0.1) is 0 Å². The minimum absolute atomic E-state index is 0.107. The smallest absolute Gasteiger partial charge is 0.271 e. The van der Waals surface area contributed by atoms with Crippen molar-refractivity contribution in [2.24, 2.45) is 5.10 Å². The van der Waals surface area contributed by atoms with Crippen LogP contribution in [-0.4, -0.2) is 15.6 Å². The first-order valence-electron chi connectivity index (χ1n) is 8.57. The molecule has 0 unspecified atom stereocenters. The van der Waals surface area contributed by atoms with Gasteiger partial charge in [0.05, 0.1) is 21.6 Å². The lowest BCUT2D eigenvalue weighted by Crippen LogP contribution is -2.11. The molecule has 2 aromatic rings. The lowest BCUT2D eigenvalue weighted by molar-refractivity contribution is -0.393. The van der Waals surface area contributed by atoms with E-state index in [9.17, 15) is 20.2 Å². The predicted octanol–water partition coefficient (Wildman–Crippen LogP) is 4.82. The molecule has 0 saturated heterocycles. The highest BCUT2D eigenvalue weighted by Crippen LogP contribution is 2.29. The fourth-order valence-electron chi connectivity index (χ4n) is 2.97. The Kier molecular flexibility index (Phi) is 5.55. The molecule has 0 amide bonds. The van der Waals surface area contributed by atoms with Gasteiger partial charge in [0.1, 0.15) is 5.69 Å². The van der Waals surface area contributed by atoms with E-state index in [0.29, 0.717) is 0 Å². The molecule has 1 aliphatic rings. The van der Waals surface area contributed by atoms with Crippen LogP contribution in [-0.2, 0) is 0 Å². The molecule has 1 aliphatic carbocycles. The third-order valence-electron chi connectivity index (χ3n) is 4.32. The Morgan fingerprint density at radius 1 is 1.00 bits per heavy atom. The maximum Gasteiger partial charge on any atom is 0.301 e. The van der Waals surface area contributed by atoms with E-state index in [2.05, 4.69) is 16.6 Å². The minimum Gasteiger partial charge on any atom is -0.271 e. The number of nitrogens with zero attached hydrogens (tertiary/aromatic N) is 3. The number of benzene rings is 2. The quantitative estimate of drug-likeness (QED) is 0.447. The molecule has 2 aromatic carbocycles. The molecule has 0 spiro atoms. The Morgan fingerprint density at radius 2 is 1.78 bits per heavy atom. The molecule has 138 valence electrons. The average molecular weight is 366 g/mol. The van der Waals surface area contributed by atoms with Gasteiger partial charge in [-0.1, -0.05) is 36.4 Å². The average Bonchev–Trinajstić information content (AvgIpc) is 2.69. The highest BCUT2D eigenvalue weighted by molar-refractivity contribution is 6.13. The SMILES string of the molecule is O=[N+]([O-])c1ccc(N/N=C(/C2=CCCCC2)c2ccccc2)c([N+](=O)[O-])c1. The number of anilines is 1. The van der Waals surface area contributed by atoms with E-state index >= 15 is 0 Å². The zero-order chi connectivity index (χ0) is 19.2. The molecule has 0 radical (unpaired) electrons. The Balaban J connectivity index is 1.98. The molecule has 8 nitrogen and oxygen atoms in total. The van der Waals surface area contributed by atoms with E-state index in [0.717, 1.165) is 48.6 Å². The van der Waals surface area contributed by atoms with Crippen LogP contribution >= 0.6 is 0 Å². The van der Waals surface area contributed by atoms with E-state index in [1.807, 2.05) is 30.3 Å². The highest BCUT2D eigenvalue weighted by atomic mass is 16.6. The van der Waals surface area contributed by atoms with Gasteiger partial charge in [0, 0.05) is 11.6 Å². The van der Waals surface area contributed by atoms with Crippen LogP contribution in [0.2, 0.25) is 0 Å². The predicted molar refractivity (Wildman–Crippen MR) is 103 cm³/mol. The first kappa shape index (κ1) is 18.2. The van der Waals surface area contributed by atoms with Crippen LogP contribution in [0.25, 0.3) is 0 Å². The third kappa shape index (κ3) is 4.35. The van der Waals surface area contributed by atoms with Crippen molar-refractivity contribution in [3.8, 4) is 0 Å². The molecular formula is C19H18N4O4. The second-order valence-corrected chi connectivity index (χ2v) is 6.13. The summed E-state index contributed by atoms with van der Waals surface area (Å²) in [4.78, 5) is 20.8. The van der Waals surface area contributed by atoms with Gasteiger partial charge in [0.2, 0.25) is 0 Å². The normalized spacial score (nSPS) is 14.4. The summed E-state index contributed by atoms with van der Waals surface area (Å²) in [5.74, 6) is 0. The minimum atomic E-state index is -0.664. The molecule has 0 saturated carbocycles. The number of non-ortho nitro benzene ring substituents is 1. The first-order chi connectivity index (χ1) is 13.1. The summed E-state index contributed by atoms with van der Waals surface area (Å²) in [6, 6.07) is 13.0. The lowest BCUT2D eigenvalue weighted by atomic mass is 9.92. The van der Waals surface area contributed by atoms with Gasteiger partial charge in [-0.3, -0.25) is 25.7 Å². The van der Waals surface area contributed by atoms with Crippen molar-refractivity contribution in [3.63, 3.8) is 0 Å². The first-order valence-corrected chi connectivity index (χ1v) is 8.57. The Hall–Kier alpha value is -3.55. The van der Waals surface area contributed by atoms with Crippen LogP contribution in [0.5, 0.6) is 0 Å². The summed E-state index contributed by atoms with van der Waals surface area (Å²) in [7, 11) is 0. The molecule has 1 N–H and O–H groups in total. The second kappa shape index (κ2) is 8.22. The Bertz CT molecular complexity index is 923. The highest BCUT2D eigenvalue weighted by Gasteiger charge is 2.20. The van der Waals surface area contributed by atoms with Gasteiger partial charge in [0.25, 0.3) is 5.69 Å². The molecule has 0 fully saturated rings. The molecule has 0 heterocycles. The van der Waals surface area contributed by atoms with Crippen molar-refractivity contribution in [1.29, 1.82) is 0 Å². The maximum atomic E-state index is 11.3. The van der Waals surface area contributed by atoms with Gasteiger partial charge in [-0.25, -0.2) is 0 Å². The molecule has 0 bridgehead atoms. The van der Waals surface area contributed by atoms with Crippen LogP contribution in [0.15, 0.2) is 65.3 Å². The zero-order valence-corrected chi connectivity index (χ0v) is 14.5. The Labute approximate surface area is 155 Å². The number of hydrogen-bond acceptors (Lipinski definition) is 6. The fourth-order valence-corrected chi connectivity index (χ4v) is 2.97. The molecular weight excluding hydrogens is 348 g/mol. The lowest BCUT2D eigenvalue weighted by Gasteiger charge is -2.15. The summed E-state index contributed by atoms with van der Waals surface area (Å²) in [6.45, 7) is 0. The van der Waals surface area contributed by atoms with Gasteiger partial charge in [-0.05, 0) is 37.3 Å². The molecule has 27 heavy (non-hydrogen) atoms. The molecule has 3 rings (SSSR count). The van der Waals surface area contributed by atoms with Crippen LogP contribution in [0.3, 0.4) is 0 Å². The van der Waals surface area contributed by atoms with Gasteiger partial charge in [-0.2, -0.15) is 5.10 Å². The number of rotatable bonds is 6. The van der Waals surface area contributed by atoms with E-state index in [1.165, 1.54) is 12.1 Å². The van der Waals surface area contributed by atoms with Crippen molar-refractivity contribution < 1.29 is 9.85 Å². The van der Waals surface area contributed by atoms with Crippen molar-refractivity contribution in [3.05, 3.63) is 86.0 Å². The summed E-state index contributed by atoms with van der Waals surface area (Å²) in [5.41, 5.74) is 4.83. The van der Waals surface area contributed by atoms with Gasteiger partial charge in [0.15, 0.2) is 0 Å². The van der Waals surface area contributed by atoms with Crippen molar-refractivity contribution in [2.75, 3.05) is 5.43 Å². The Morgan fingerprint density at radius 3 is 2.41 bits per heavy atom. The van der Waals surface area contributed by atoms with E-state index < -0.39 is 15.5 Å². The van der Waals surface area contributed by atoms with Crippen LogP contribution in [0.4, 0.5) is 17.1 Å². The third-order valence-corrected chi connectivity index (χ3v) is 4.32. The molecule has 0 atom stereocenters. The van der Waals surface area contributed by atoms with Crippen LogP contribution < -0.4 is 5.43 Å². The van der Waals surface area contributed by atoms with Crippen LogP contribution in [0, 0.1) is 20.2 Å². The fraction of sp³-hybridized carbons (Fsp3) is 0.211. The summed E-state index contributed by atoms with van der Waals surface area (Å²) >= 11 is 0. The topological polar surface area (TPSA) is 111 Å². The van der Waals surface area contributed by atoms with Crippen molar-refractivity contribution in [2.45, 2.75) is 25.7 Å². The van der Waals surface area contributed by atoms with E-state index in [-0.39, 0.29) is 11.4 Å². The maximum absolute atomic E-state index is 11.3. The van der Waals surface area contributed by atoms with Crippen molar-refractivity contribution >= 4 is 22.8 Å². The second-order valence-electron chi connectivity index (χ2n) is 6.13. The standard InChI is InChI=1S/C19H18N4O4/c24-22(25)16-11-12-17(18(13-16)23(26)27)20-21-19(14-7-3-1-4-8-14)15-9-5-2-6-10-15/h1,3-4,7-9,11-13,20H,2,5-6,10H2/b21-19+. The molecule has 0 aliphatic heterocycles. The zero-order valence-electron chi connectivity index (χ0n) is 14.5. The molecule has 8 heteroatoms. The number of nitrogens with one attached hydrogen (secondary N) is 1. The number of allylic oxidation sites excluding steroid dienone is 2. The number of nitro groups is 2. The summed E-state index contributed by atoms with van der Waals surface area (Å²) in [5, 5.41) is 26.6. The van der Waals surface area contributed by atoms with Gasteiger partial charge < -0.3 is 0 Å². The van der Waals surface area contributed by atoms with E-state index in [4.69, 9.17) is 0 Å². The number of hydrogen-bond donors (Lipinski definition) is 1. The summed E-state index contributed by atoms with van der Waals surface area (Å²) < 4.78 is 0. The largest absolute Gasteiger partial charge is 0.301 e. The van der Waals surface area contributed by atoms with E-state index in [1.54, 1.807) is 0 Å². The number of nitro benzene ring substituents is 2.